The summed E-state index contributed by atoms with van der Waals surface area (Å²) >= 11 is 1.46. The number of rotatable bonds is 6. The molecule has 1 heterocycles. The third-order valence-electron chi connectivity index (χ3n) is 3.28. The Hall–Kier alpha value is -2.41. The Balaban J connectivity index is 1.69. The van der Waals surface area contributed by atoms with Crippen LogP contribution in [-0.2, 0) is 0 Å². The largest absolute Gasteiger partial charge is 0.435 e. The minimum Gasteiger partial charge on any atom is -0.435 e. The number of hydrogen-bond acceptors (Lipinski definition) is 5. The first-order valence-corrected chi connectivity index (χ1v) is 8.10. The molecule has 0 bridgehead atoms. The molecule has 0 aliphatic heterocycles. The van der Waals surface area contributed by atoms with Crippen LogP contribution in [0.1, 0.15) is 17.7 Å². The highest BCUT2D eigenvalue weighted by atomic mass is 32.2. The summed E-state index contributed by atoms with van der Waals surface area (Å²) < 4.78 is 34.2. The van der Waals surface area contributed by atoms with Crippen LogP contribution in [0.4, 0.5) is 8.78 Å². The van der Waals surface area contributed by atoms with Crippen LogP contribution in [0.2, 0.25) is 0 Å². The maximum atomic E-state index is 12.1. The number of ether oxygens (including phenoxy) is 1. The van der Waals surface area contributed by atoms with Crippen molar-refractivity contribution in [2.75, 3.05) is 0 Å². The van der Waals surface area contributed by atoms with E-state index in [4.69, 9.17) is 4.42 Å². The van der Waals surface area contributed by atoms with E-state index in [1.54, 1.807) is 12.1 Å². The second kappa shape index (κ2) is 7.44. The highest BCUT2D eigenvalue weighted by molar-refractivity contribution is 7.99. The molecule has 0 fully saturated rings. The zero-order chi connectivity index (χ0) is 16.9. The summed E-state index contributed by atoms with van der Waals surface area (Å²) in [6, 6.07) is 16.1. The molecule has 3 rings (SSSR count). The van der Waals surface area contributed by atoms with Gasteiger partial charge in [-0.3, -0.25) is 0 Å². The van der Waals surface area contributed by atoms with Crippen molar-refractivity contribution in [3.63, 3.8) is 0 Å². The molecule has 1 aromatic heterocycles. The van der Waals surface area contributed by atoms with Gasteiger partial charge in [-0.2, -0.15) is 8.78 Å². The molecule has 0 aliphatic rings. The van der Waals surface area contributed by atoms with Gasteiger partial charge in [-0.15, -0.1) is 10.2 Å². The fourth-order valence-electron chi connectivity index (χ4n) is 2.10. The lowest BCUT2D eigenvalue weighted by Crippen LogP contribution is -2.01. The zero-order valence-electron chi connectivity index (χ0n) is 12.7. The van der Waals surface area contributed by atoms with Crippen molar-refractivity contribution in [1.29, 1.82) is 0 Å². The minimum absolute atomic E-state index is 0.0839. The number of halogens is 2. The normalized spacial score (nSPS) is 12.3. The van der Waals surface area contributed by atoms with Crippen molar-refractivity contribution in [2.45, 2.75) is 24.0 Å². The van der Waals surface area contributed by atoms with Crippen LogP contribution >= 0.6 is 11.8 Å². The molecule has 4 nitrogen and oxygen atoms in total. The van der Waals surface area contributed by atoms with E-state index in [9.17, 15) is 8.78 Å². The van der Waals surface area contributed by atoms with Gasteiger partial charge in [0.05, 0.1) is 0 Å². The number of aromatic nitrogens is 2. The molecule has 2 aromatic carbocycles. The van der Waals surface area contributed by atoms with Crippen molar-refractivity contribution in [3.8, 4) is 17.2 Å². The fraction of sp³-hybridized carbons (Fsp3) is 0.176. The summed E-state index contributed by atoms with van der Waals surface area (Å²) in [5.41, 5.74) is 1.80. The van der Waals surface area contributed by atoms with Gasteiger partial charge in [-0.1, -0.05) is 42.1 Å². The molecule has 24 heavy (non-hydrogen) atoms. The maximum absolute atomic E-state index is 12.1. The summed E-state index contributed by atoms with van der Waals surface area (Å²) in [4.78, 5) is 0. The molecule has 0 saturated carbocycles. The van der Waals surface area contributed by atoms with E-state index in [0.29, 0.717) is 16.7 Å². The van der Waals surface area contributed by atoms with Crippen LogP contribution < -0.4 is 4.74 Å². The lowest BCUT2D eigenvalue weighted by atomic mass is 10.2. The van der Waals surface area contributed by atoms with Crippen LogP contribution in [0.3, 0.4) is 0 Å². The predicted molar refractivity (Wildman–Crippen MR) is 87.1 cm³/mol. The van der Waals surface area contributed by atoms with E-state index in [2.05, 4.69) is 21.9 Å². The van der Waals surface area contributed by atoms with Gasteiger partial charge in [0, 0.05) is 10.8 Å². The Labute approximate surface area is 141 Å². The molecule has 0 amide bonds. The Morgan fingerprint density at radius 2 is 1.71 bits per heavy atom. The van der Waals surface area contributed by atoms with Gasteiger partial charge in [-0.25, -0.2) is 0 Å². The number of nitrogens with zero attached hydrogens (tertiary/aromatic N) is 2. The maximum Gasteiger partial charge on any atom is 0.387 e. The monoisotopic (exact) mass is 348 g/mol. The Bertz CT molecular complexity index is 779. The van der Waals surface area contributed by atoms with Crippen molar-refractivity contribution in [2.24, 2.45) is 0 Å². The van der Waals surface area contributed by atoms with Crippen LogP contribution in [0, 0.1) is 0 Å². The zero-order valence-corrected chi connectivity index (χ0v) is 13.5. The van der Waals surface area contributed by atoms with E-state index in [1.165, 1.54) is 23.9 Å². The summed E-state index contributed by atoms with van der Waals surface area (Å²) in [6.07, 6.45) is 0. The number of thioether (sulfide) groups is 1. The highest BCUT2D eigenvalue weighted by Gasteiger charge is 2.14. The highest BCUT2D eigenvalue weighted by Crippen LogP contribution is 2.35. The fourth-order valence-corrected chi connectivity index (χ4v) is 2.91. The summed E-state index contributed by atoms with van der Waals surface area (Å²) in [7, 11) is 0. The molecule has 3 aromatic rings. The molecular formula is C17H14F2N2O2S. The molecule has 0 saturated heterocycles. The lowest BCUT2D eigenvalue weighted by molar-refractivity contribution is -0.0498. The van der Waals surface area contributed by atoms with Gasteiger partial charge < -0.3 is 9.15 Å². The molecule has 0 spiro atoms. The quantitative estimate of drug-likeness (QED) is 0.574. The first-order valence-electron chi connectivity index (χ1n) is 7.22. The van der Waals surface area contributed by atoms with E-state index in [0.717, 1.165) is 5.56 Å². The number of alkyl halides is 2. The van der Waals surface area contributed by atoms with Gasteiger partial charge in [0.25, 0.3) is 5.22 Å². The molecule has 0 radical (unpaired) electrons. The average molecular weight is 348 g/mol. The van der Waals surface area contributed by atoms with Crippen LogP contribution in [-0.4, -0.2) is 16.8 Å². The standard InChI is InChI=1S/C17H14F2N2O2S/c1-11(12-5-3-2-4-6-12)24-17-21-20-15(23-17)13-7-9-14(10-8-13)22-16(18)19/h2-11,16H,1H3. The van der Waals surface area contributed by atoms with Crippen molar-refractivity contribution in [3.05, 3.63) is 60.2 Å². The second-order valence-corrected chi connectivity index (χ2v) is 6.24. The van der Waals surface area contributed by atoms with Gasteiger partial charge in [0.1, 0.15) is 5.75 Å². The first-order chi connectivity index (χ1) is 11.6. The Kier molecular flexibility index (Phi) is 5.10. The topological polar surface area (TPSA) is 48.2 Å². The van der Waals surface area contributed by atoms with E-state index < -0.39 is 6.61 Å². The molecule has 7 heteroatoms. The van der Waals surface area contributed by atoms with E-state index >= 15 is 0 Å². The molecule has 0 N–H and O–H groups in total. The van der Waals surface area contributed by atoms with Crippen molar-refractivity contribution >= 4 is 11.8 Å². The van der Waals surface area contributed by atoms with Crippen LogP contribution in [0.25, 0.3) is 11.5 Å². The molecule has 1 atom stereocenters. The molecule has 0 aliphatic carbocycles. The number of hydrogen-bond donors (Lipinski definition) is 0. The van der Waals surface area contributed by atoms with Crippen LogP contribution in [0.5, 0.6) is 5.75 Å². The SMILES string of the molecule is CC(Sc1nnc(-c2ccc(OC(F)F)cc2)o1)c1ccccc1. The minimum atomic E-state index is -2.85. The Morgan fingerprint density at radius 3 is 2.38 bits per heavy atom. The van der Waals surface area contributed by atoms with Gasteiger partial charge in [0.15, 0.2) is 0 Å². The molecule has 1 unspecified atom stereocenters. The van der Waals surface area contributed by atoms with Gasteiger partial charge >= 0.3 is 6.61 Å². The summed E-state index contributed by atoms with van der Waals surface area (Å²) in [5.74, 6) is 0.418. The average Bonchev–Trinajstić information content (AvgIpc) is 3.04. The lowest BCUT2D eigenvalue weighted by Gasteiger charge is -2.07. The van der Waals surface area contributed by atoms with Crippen LogP contribution in [0.15, 0.2) is 64.2 Å². The first kappa shape index (κ1) is 16.4. The second-order valence-electron chi connectivity index (χ2n) is 4.95. The predicted octanol–water partition coefficient (Wildman–Crippen LogP) is 5.19. The van der Waals surface area contributed by atoms with Crippen molar-refractivity contribution in [1.82, 2.24) is 10.2 Å². The molecule has 124 valence electrons. The smallest absolute Gasteiger partial charge is 0.387 e. The van der Waals surface area contributed by atoms with Gasteiger partial charge in [-0.05, 0) is 36.8 Å². The summed E-state index contributed by atoms with van der Waals surface area (Å²) in [5, 5.41) is 8.64. The van der Waals surface area contributed by atoms with Gasteiger partial charge in [0.2, 0.25) is 5.89 Å². The third kappa shape index (κ3) is 4.11. The van der Waals surface area contributed by atoms with E-state index in [-0.39, 0.29) is 11.0 Å². The third-order valence-corrected chi connectivity index (χ3v) is 4.27. The summed E-state index contributed by atoms with van der Waals surface area (Å²) in [6.45, 7) is -0.790. The van der Waals surface area contributed by atoms with E-state index in [1.807, 2.05) is 30.3 Å². The molecular weight excluding hydrogens is 334 g/mol. The Morgan fingerprint density at radius 1 is 1.00 bits per heavy atom. The van der Waals surface area contributed by atoms with Crippen molar-refractivity contribution < 1.29 is 17.9 Å². The number of benzene rings is 2.